The second-order valence-electron chi connectivity index (χ2n) is 7.70. The second-order valence-corrected chi connectivity index (χ2v) is 8.08. The number of pyridine rings is 1. The van der Waals surface area contributed by atoms with Crippen LogP contribution in [0.2, 0.25) is 0 Å². The van der Waals surface area contributed by atoms with Crippen molar-refractivity contribution in [1.82, 2.24) is 9.88 Å². The van der Waals surface area contributed by atoms with Gasteiger partial charge in [-0.25, -0.2) is 4.39 Å². The lowest BCUT2D eigenvalue weighted by atomic mass is 10.1. The van der Waals surface area contributed by atoms with Gasteiger partial charge in [-0.2, -0.15) is 0 Å². The number of benzene rings is 3. The number of hydrogen-bond acceptors (Lipinski definition) is 4. The first kappa shape index (κ1) is 23.3. The third kappa shape index (κ3) is 5.35. The van der Waals surface area contributed by atoms with Crippen molar-refractivity contribution in [3.8, 4) is 11.5 Å². The summed E-state index contributed by atoms with van der Waals surface area (Å²) < 4.78 is 24.0. The number of hydrogen-bond donors (Lipinski definition) is 2. The van der Waals surface area contributed by atoms with Crippen LogP contribution in [-0.4, -0.2) is 29.2 Å². The molecule has 0 fully saturated rings. The van der Waals surface area contributed by atoms with Crippen LogP contribution < -0.4 is 20.3 Å². The van der Waals surface area contributed by atoms with Gasteiger partial charge in [-0.3, -0.25) is 4.79 Å². The number of anilines is 1. The molecule has 0 aliphatic heterocycles. The molecule has 0 radical (unpaired) electrons. The lowest BCUT2D eigenvalue weighted by Gasteiger charge is -2.26. The Morgan fingerprint density at radius 2 is 1.65 bits per heavy atom. The first-order valence-electron chi connectivity index (χ1n) is 10.6. The molecule has 0 aliphatic carbocycles. The molecule has 8 heteroatoms. The van der Waals surface area contributed by atoms with Gasteiger partial charge >= 0.3 is 0 Å². The van der Waals surface area contributed by atoms with E-state index in [9.17, 15) is 9.18 Å². The molecule has 0 saturated carbocycles. The Kier molecular flexibility index (Phi) is 7.08. The zero-order valence-electron chi connectivity index (χ0n) is 18.8. The summed E-state index contributed by atoms with van der Waals surface area (Å²) in [6.45, 7) is 0.749. The quantitative estimate of drug-likeness (QED) is 0.362. The maximum Gasteiger partial charge on any atom is 0.253 e. The van der Waals surface area contributed by atoms with E-state index in [4.69, 9.17) is 21.7 Å². The summed E-state index contributed by atoms with van der Waals surface area (Å²) in [5, 5.41) is 4.37. The summed E-state index contributed by atoms with van der Waals surface area (Å²) >= 11 is 5.67. The van der Waals surface area contributed by atoms with E-state index in [0.717, 1.165) is 10.9 Å². The molecule has 1 aromatic heterocycles. The number of rotatable bonds is 7. The number of halogens is 1. The third-order valence-electron chi connectivity index (χ3n) is 5.39. The number of fused-ring (bicyclic) bond motifs is 1. The van der Waals surface area contributed by atoms with Crippen LogP contribution in [-0.2, 0) is 13.1 Å². The van der Waals surface area contributed by atoms with Crippen LogP contribution in [0.1, 0.15) is 11.1 Å². The Morgan fingerprint density at radius 3 is 2.32 bits per heavy atom. The highest BCUT2D eigenvalue weighted by Crippen LogP contribution is 2.31. The average molecular weight is 478 g/mol. The molecule has 174 valence electrons. The smallest absolute Gasteiger partial charge is 0.253 e. The van der Waals surface area contributed by atoms with Gasteiger partial charge in [0.2, 0.25) is 0 Å². The molecule has 0 saturated heterocycles. The highest BCUT2D eigenvalue weighted by Gasteiger charge is 2.16. The van der Waals surface area contributed by atoms with E-state index in [1.165, 1.54) is 12.1 Å². The molecule has 4 aromatic rings. The first-order valence-corrected chi connectivity index (χ1v) is 11.0. The topological polar surface area (TPSA) is 66.6 Å². The van der Waals surface area contributed by atoms with Gasteiger partial charge in [0.1, 0.15) is 5.82 Å². The standard InChI is InChI=1S/C26H24FN3O3S/c1-32-23-13-18-12-19(25(31)29-22(18)14-24(23)33-2)16-30(15-17-6-4-3-5-7-17)26(34)28-21-10-8-20(27)9-11-21/h3-14H,15-16H2,1-2H3,(H,28,34)(H,29,31). The molecule has 0 amide bonds. The Labute approximate surface area is 201 Å². The molecular formula is C26H24FN3O3S. The number of thiocarbonyl (C=S) groups is 1. The Morgan fingerprint density at radius 1 is 0.971 bits per heavy atom. The maximum atomic E-state index is 13.3. The number of nitrogens with one attached hydrogen (secondary N) is 2. The number of methoxy groups -OCH3 is 2. The summed E-state index contributed by atoms with van der Waals surface area (Å²) in [4.78, 5) is 17.8. The minimum atomic E-state index is -0.327. The van der Waals surface area contributed by atoms with Gasteiger partial charge in [0, 0.05) is 29.2 Å². The Bertz CT molecular complexity index is 1360. The van der Waals surface area contributed by atoms with Gasteiger partial charge in [0.25, 0.3) is 5.56 Å². The summed E-state index contributed by atoms with van der Waals surface area (Å²) in [6, 6.07) is 21.2. The van der Waals surface area contributed by atoms with E-state index in [-0.39, 0.29) is 17.9 Å². The zero-order valence-corrected chi connectivity index (χ0v) is 19.6. The fraction of sp³-hybridized carbons (Fsp3) is 0.154. The van der Waals surface area contributed by atoms with Gasteiger partial charge < -0.3 is 24.7 Å². The number of ether oxygens (including phenoxy) is 2. The molecule has 34 heavy (non-hydrogen) atoms. The largest absolute Gasteiger partial charge is 0.493 e. The molecular weight excluding hydrogens is 453 g/mol. The fourth-order valence-corrected chi connectivity index (χ4v) is 3.89. The summed E-state index contributed by atoms with van der Waals surface area (Å²) in [5.74, 6) is 0.781. The van der Waals surface area contributed by atoms with Gasteiger partial charge in [-0.05, 0) is 54.2 Å². The molecule has 0 atom stereocenters. The maximum absolute atomic E-state index is 13.3. The van der Waals surface area contributed by atoms with Crippen LogP contribution in [0.4, 0.5) is 10.1 Å². The predicted molar refractivity (Wildman–Crippen MR) is 136 cm³/mol. The Hall–Kier alpha value is -3.91. The first-order chi connectivity index (χ1) is 16.5. The van der Waals surface area contributed by atoms with Crippen molar-refractivity contribution in [3.05, 3.63) is 100 Å². The van der Waals surface area contributed by atoms with Crippen molar-refractivity contribution in [3.63, 3.8) is 0 Å². The predicted octanol–water partition coefficient (Wildman–Crippen LogP) is 5.08. The third-order valence-corrected chi connectivity index (χ3v) is 5.75. The molecule has 0 unspecified atom stereocenters. The summed E-state index contributed by atoms with van der Waals surface area (Å²) in [6.07, 6.45) is 0. The molecule has 2 N–H and O–H groups in total. The number of aromatic nitrogens is 1. The van der Waals surface area contributed by atoms with Gasteiger partial charge in [0.15, 0.2) is 16.6 Å². The highest BCUT2D eigenvalue weighted by atomic mass is 32.1. The van der Waals surface area contributed by atoms with E-state index in [1.807, 2.05) is 47.4 Å². The van der Waals surface area contributed by atoms with Crippen molar-refractivity contribution in [2.45, 2.75) is 13.1 Å². The fourth-order valence-electron chi connectivity index (χ4n) is 3.64. The minimum absolute atomic E-state index is 0.220. The van der Waals surface area contributed by atoms with Crippen molar-refractivity contribution < 1.29 is 13.9 Å². The van der Waals surface area contributed by atoms with Gasteiger partial charge in [-0.15, -0.1) is 0 Å². The van der Waals surface area contributed by atoms with E-state index < -0.39 is 0 Å². The van der Waals surface area contributed by atoms with Crippen LogP contribution in [0.15, 0.2) is 77.6 Å². The van der Waals surface area contributed by atoms with Crippen LogP contribution in [0.5, 0.6) is 11.5 Å². The molecule has 0 spiro atoms. The SMILES string of the molecule is COc1cc2cc(CN(Cc3ccccc3)C(=S)Nc3ccc(F)cc3)c(=O)[nH]c2cc1OC. The number of nitrogens with zero attached hydrogens (tertiary/aromatic N) is 1. The normalized spacial score (nSPS) is 10.7. The number of H-pyrrole nitrogens is 1. The van der Waals surface area contributed by atoms with E-state index in [2.05, 4.69) is 10.3 Å². The Balaban J connectivity index is 1.67. The minimum Gasteiger partial charge on any atom is -0.493 e. The average Bonchev–Trinajstić information content (AvgIpc) is 2.85. The van der Waals surface area contributed by atoms with Crippen molar-refractivity contribution in [1.29, 1.82) is 0 Å². The van der Waals surface area contributed by atoms with Crippen molar-refractivity contribution in [2.75, 3.05) is 19.5 Å². The van der Waals surface area contributed by atoms with Crippen molar-refractivity contribution in [2.24, 2.45) is 0 Å². The number of aromatic amines is 1. The lowest BCUT2D eigenvalue weighted by molar-refractivity contribution is 0.355. The molecule has 0 bridgehead atoms. The van der Waals surface area contributed by atoms with Crippen LogP contribution in [0, 0.1) is 5.82 Å². The highest BCUT2D eigenvalue weighted by molar-refractivity contribution is 7.80. The van der Waals surface area contributed by atoms with Crippen LogP contribution in [0.3, 0.4) is 0 Å². The zero-order chi connectivity index (χ0) is 24.1. The van der Waals surface area contributed by atoms with E-state index >= 15 is 0 Å². The summed E-state index contributed by atoms with van der Waals surface area (Å²) in [5.41, 5.74) is 2.66. The van der Waals surface area contributed by atoms with Crippen LogP contribution >= 0.6 is 12.2 Å². The molecule has 4 rings (SSSR count). The van der Waals surface area contributed by atoms with Crippen LogP contribution in [0.25, 0.3) is 10.9 Å². The van der Waals surface area contributed by atoms with Gasteiger partial charge in [0.05, 0.1) is 26.3 Å². The molecule has 0 aliphatic rings. The lowest BCUT2D eigenvalue weighted by Crippen LogP contribution is -2.35. The second kappa shape index (κ2) is 10.4. The van der Waals surface area contributed by atoms with Crippen molar-refractivity contribution >= 4 is 33.9 Å². The van der Waals surface area contributed by atoms with E-state index in [0.29, 0.717) is 39.9 Å². The molecule has 6 nitrogen and oxygen atoms in total. The molecule has 3 aromatic carbocycles. The van der Waals surface area contributed by atoms with E-state index in [1.54, 1.807) is 32.4 Å². The monoisotopic (exact) mass is 477 g/mol. The molecule has 1 heterocycles. The summed E-state index contributed by atoms with van der Waals surface area (Å²) in [7, 11) is 3.12. The van der Waals surface area contributed by atoms with Gasteiger partial charge in [-0.1, -0.05) is 30.3 Å².